The van der Waals surface area contributed by atoms with Crippen LogP contribution in [0.5, 0.6) is 0 Å². The van der Waals surface area contributed by atoms with Crippen molar-refractivity contribution in [3.05, 3.63) is 70.3 Å². The zero-order valence-electron chi connectivity index (χ0n) is 13.6. The third-order valence-electron chi connectivity index (χ3n) is 4.66. The number of primary amides is 1. The molecule has 5 nitrogen and oxygen atoms in total. The lowest BCUT2D eigenvalue weighted by molar-refractivity contribution is 0.0402. The van der Waals surface area contributed by atoms with Gasteiger partial charge in [-0.1, -0.05) is 36.4 Å². The first-order valence-corrected chi connectivity index (χ1v) is 8.04. The molecule has 1 aliphatic rings. The largest absolute Gasteiger partial charge is 0.389 e. The fourth-order valence-corrected chi connectivity index (χ4v) is 3.42. The van der Waals surface area contributed by atoms with Crippen LogP contribution >= 0.6 is 0 Å². The van der Waals surface area contributed by atoms with E-state index in [1.165, 1.54) is 0 Å². The molecule has 2 aromatic rings. The molecule has 1 saturated heterocycles. The molecule has 24 heavy (non-hydrogen) atoms. The van der Waals surface area contributed by atoms with Gasteiger partial charge in [0, 0.05) is 12.1 Å². The number of aryl methyl sites for hydroxylation is 1. The van der Waals surface area contributed by atoms with Crippen molar-refractivity contribution < 1.29 is 15.0 Å². The normalized spacial score (nSPS) is 23.4. The molecule has 126 valence electrons. The van der Waals surface area contributed by atoms with E-state index in [1.807, 2.05) is 43.3 Å². The summed E-state index contributed by atoms with van der Waals surface area (Å²) in [6.45, 7) is 2.25. The minimum absolute atomic E-state index is 0.316. The van der Waals surface area contributed by atoms with Gasteiger partial charge in [-0.3, -0.25) is 4.79 Å². The summed E-state index contributed by atoms with van der Waals surface area (Å²) in [5.74, 6) is -0.491. The highest BCUT2D eigenvalue weighted by atomic mass is 16.3. The second kappa shape index (κ2) is 6.73. The molecule has 5 heteroatoms. The van der Waals surface area contributed by atoms with Crippen molar-refractivity contribution in [2.24, 2.45) is 5.73 Å². The summed E-state index contributed by atoms with van der Waals surface area (Å²) in [5, 5.41) is 23.4. The van der Waals surface area contributed by atoms with Crippen LogP contribution in [-0.4, -0.2) is 34.9 Å². The molecule has 0 aromatic heterocycles. The monoisotopic (exact) mass is 326 g/mol. The minimum Gasteiger partial charge on any atom is -0.389 e. The van der Waals surface area contributed by atoms with Crippen LogP contribution in [0.3, 0.4) is 0 Å². The SMILES string of the molecule is Cc1ccc(C(N)=O)c(Cc2ccccc2)c1C1NCC(O)C1O. The highest BCUT2D eigenvalue weighted by molar-refractivity contribution is 5.95. The van der Waals surface area contributed by atoms with Crippen molar-refractivity contribution in [2.75, 3.05) is 6.54 Å². The number of hydrogen-bond donors (Lipinski definition) is 4. The van der Waals surface area contributed by atoms with Crippen LogP contribution < -0.4 is 11.1 Å². The number of amides is 1. The molecule has 3 rings (SSSR count). The fraction of sp³-hybridized carbons (Fsp3) is 0.316. The van der Waals surface area contributed by atoms with Crippen molar-refractivity contribution >= 4 is 5.91 Å². The number of aliphatic hydroxyl groups is 2. The Balaban J connectivity index is 2.12. The van der Waals surface area contributed by atoms with Gasteiger partial charge in [0.15, 0.2) is 0 Å². The van der Waals surface area contributed by atoms with Crippen LogP contribution in [0.4, 0.5) is 0 Å². The fourth-order valence-electron chi connectivity index (χ4n) is 3.42. The van der Waals surface area contributed by atoms with E-state index in [4.69, 9.17) is 5.73 Å². The number of nitrogens with two attached hydrogens (primary N) is 1. The zero-order chi connectivity index (χ0) is 17.3. The molecule has 3 atom stereocenters. The molecule has 0 bridgehead atoms. The number of hydrogen-bond acceptors (Lipinski definition) is 4. The third-order valence-corrected chi connectivity index (χ3v) is 4.66. The van der Waals surface area contributed by atoms with Crippen LogP contribution in [0.1, 0.15) is 38.7 Å². The van der Waals surface area contributed by atoms with Crippen molar-refractivity contribution in [3.8, 4) is 0 Å². The van der Waals surface area contributed by atoms with Gasteiger partial charge >= 0.3 is 0 Å². The van der Waals surface area contributed by atoms with E-state index in [2.05, 4.69) is 5.32 Å². The lowest BCUT2D eigenvalue weighted by Gasteiger charge is -2.24. The average molecular weight is 326 g/mol. The second-order valence-corrected chi connectivity index (χ2v) is 6.29. The summed E-state index contributed by atoms with van der Waals surface area (Å²) in [5.41, 5.74) is 9.69. The molecule has 1 fully saturated rings. The van der Waals surface area contributed by atoms with Crippen LogP contribution in [0.2, 0.25) is 0 Å². The number of benzene rings is 2. The minimum atomic E-state index is -0.915. The predicted molar refractivity (Wildman–Crippen MR) is 91.7 cm³/mol. The predicted octanol–water partition coefficient (Wildman–Crippen LogP) is 1.05. The Labute approximate surface area is 141 Å². The lowest BCUT2D eigenvalue weighted by Crippen LogP contribution is -2.28. The van der Waals surface area contributed by atoms with Crippen LogP contribution in [0.25, 0.3) is 0 Å². The second-order valence-electron chi connectivity index (χ2n) is 6.29. The smallest absolute Gasteiger partial charge is 0.248 e. The Morgan fingerprint density at radius 2 is 1.92 bits per heavy atom. The molecule has 1 amide bonds. The van der Waals surface area contributed by atoms with E-state index in [-0.39, 0.29) is 0 Å². The molecular formula is C19H22N2O3. The zero-order valence-corrected chi connectivity index (χ0v) is 13.6. The summed E-state index contributed by atoms with van der Waals surface area (Å²) >= 11 is 0. The number of rotatable bonds is 4. The number of carbonyl (C=O) groups excluding carboxylic acids is 1. The maximum Gasteiger partial charge on any atom is 0.248 e. The standard InChI is InChI=1S/C19H22N2O3/c1-11-7-8-13(19(20)24)14(9-12-5-3-2-4-6-12)16(11)17-18(23)15(22)10-21-17/h2-8,15,17-18,21-23H,9-10H2,1H3,(H2,20,24). The van der Waals surface area contributed by atoms with Gasteiger partial charge in [0.25, 0.3) is 0 Å². The van der Waals surface area contributed by atoms with E-state index in [0.717, 1.165) is 22.3 Å². The molecule has 1 heterocycles. The number of carbonyl (C=O) groups is 1. The van der Waals surface area contributed by atoms with E-state index in [9.17, 15) is 15.0 Å². The van der Waals surface area contributed by atoms with Gasteiger partial charge in [-0.05, 0) is 41.7 Å². The summed E-state index contributed by atoms with van der Waals surface area (Å²) < 4.78 is 0. The van der Waals surface area contributed by atoms with E-state index < -0.39 is 24.2 Å². The molecule has 0 spiro atoms. The molecule has 3 unspecified atom stereocenters. The van der Waals surface area contributed by atoms with Crippen LogP contribution in [0, 0.1) is 6.92 Å². The first-order chi connectivity index (χ1) is 11.5. The van der Waals surface area contributed by atoms with Gasteiger partial charge in [-0.2, -0.15) is 0 Å². The topological polar surface area (TPSA) is 95.6 Å². The lowest BCUT2D eigenvalue weighted by atomic mass is 9.86. The van der Waals surface area contributed by atoms with E-state index >= 15 is 0 Å². The van der Waals surface area contributed by atoms with Crippen molar-refractivity contribution in [1.29, 1.82) is 0 Å². The molecule has 5 N–H and O–H groups in total. The first-order valence-electron chi connectivity index (χ1n) is 8.04. The molecular weight excluding hydrogens is 304 g/mol. The molecule has 2 aromatic carbocycles. The van der Waals surface area contributed by atoms with Crippen molar-refractivity contribution in [2.45, 2.75) is 31.6 Å². The Morgan fingerprint density at radius 1 is 1.21 bits per heavy atom. The number of β-amino-alcohol motifs (C(OH)–C–C–N with tert-alkyl or cyclic N) is 1. The summed E-state index contributed by atoms with van der Waals surface area (Å²) in [6, 6.07) is 13.0. The molecule has 0 radical (unpaired) electrons. The van der Waals surface area contributed by atoms with E-state index in [0.29, 0.717) is 18.5 Å². The van der Waals surface area contributed by atoms with Crippen molar-refractivity contribution in [3.63, 3.8) is 0 Å². The summed E-state index contributed by atoms with van der Waals surface area (Å²) in [4.78, 5) is 11.9. The number of aliphatic hydroxyl groups excluding tert-OH is 2. The maximum absolute atomic E-state index is 11.9. The molecule has 0 saturated carbocycles. The highest BCUT2D eigenvalue weighted by Gasteiger charge is 2.36. The maximum atomic E-state index is 11.9. The van der Waals surface area contributed by atoms with Gasteiger partial charge in [-0.25, -0.2) is 0 Å². The third kappa shape index (κ3) is 3.06. The van der Waals surface area contributed by atoms with Gasteiger partial charge in [-0.15, -0.1) is 0 Å². The average Bonchev–Trinajstić information content (AvgIpc) is 2.88. The molecule has 1 aliphatic heterocycles. The quantitative estimate of drug-likeness (QED) is 0.675. The Hall–Kier alpha value is -2.21. The molecule has 0 aliphatic carbocycles. The van der Waals surface area contributed by atoms with E-state index in [1.54, 1.807) is 6.07 Å². The summed E-state index contributed by atoms with van der Waals surface area (Å²) in [7, 11) is 0. The first kappa shape index (κ1) is 16.6. The Morgan fingerprint density at radius 3 is 2.50 bits per heavy atom. The van der Waals surface area contributed by atoms with Gasteiger partial charge < -0.3 is 21.3 Å². The number of nitrogens with one attached hydrogen (secondary N) is 1. The Kier molecular flexibility index (Phi) is 4.66. The van der Waals surface area contributed by atoms with Gasteiger partial charge in [0.2, 0.25) is 5.91 Å². The Bertz CT molecular complexity index is 746. The van der Waals surface area contributed by atoms with Gasteiger partial charge in [0.1, 0.15) is 6.10 Å². The van der Waals surface area contributed by atoms with Gasteiger partial charge in [0.05, 0.1) is 12.1 Å². The van der Waals surface area contributed by atoms with Crippen molar-refractivity contribution in [1.82, 2.24) is 5.32 Å². The van der Waals surface area contributed by atoms with Crippen LogP contribution in [0.15, 0.2) is 42.5 Å². The summed E-state index contributed by atoms with van der Waals surface area (Å²) in [6.07, 6.45) is -1.20. The highest BCUT2D eigenvalue weighted by Crippen LogP contribution is 2.33. The van der Waals surface area contributed by atoms with Crippen LogP contribution in [-0.2, 0) is 6.42 Å².